The number of nitrogens with one attached hydrogen (secondary N) is 1. The first-order valence-electron chi connectivity index (χ1n) is 8.69. The van der Waals surface area contributed by atoms with Crippen LogP contribution in [0.25, 0.3) is 0 Å². The van der Waals surface area contributed by atoms with Gasteiger partial charge in [-0.2, -0.15) is 0 Å². The van der Waals surface area contributed by atoms with Crippen molar-refractivity contribution in [1.82, 2.24) is 5.32 Å². The van der Waals surface area contributed by atoms with E-state index in [9.17, 15) is 0 Å². The van der Waals surface area contributed by atoms with E-state index >= 15 is 0 Å². The zero-order valence-corrected chi connectivity index (χ0v) is 13.4. The molecule has 2 fully saturated rings. The quantitative estimate of drug-likeness (QED) is 0.649. The number of benzene rings is 1. The number of nitrogens with zero attached hydrogens (tertiary/aromatic N) is 2. The first-order valence-corrected chi connectivity index (χ1v) is 8.69. The zero-order chi connectivity index (χ0) is 15.2. The Balaban J connectivity index is 1.58. The van der Waals surface area contributed by atoms with Crippen LogP contribution in [0.2, 0.25) is 0 Å². The van der Waals surface area contributed by atoms with Gasteiger partial charge in [0.1, 0.15) is 0 Å². The van der Waals surface area contributed by atoms with E-state index in [-0.39, 0.29) is 0 Å². The van der Waals surface area contributed by atoms with Gasteiger partial charge in [0.25, 0.3) is 0 Å². The molecule has 4 nitrogen and oxygen atoms in total. The van der Waals surface area contributed by atoms with Crippen LogP contribution in [0.3, 0.4) is 0 Å². The molecule has 0 unspecified atom stereocenters. The van der Waals surface area contributed by atoms with Crippen LogP contribution in [-0.2, 0) is 6.54 Å². The van der Waals surface area contributed by atoms with Crippen LogP contribution in [0, 0.1) is 5.92 Å². The Morgan fingerprint density at radius 3 is 2.64 bits per heavy atom. The van der Waals surface area contributed by atoms with Gasteiger partial charge in [0.15, 0.2) is 5.96 Å². The number of anilines is 1. The minimum atomic E-state index is 0.584. The monoisotopic (exact) mass is 300 g/mol. The Hall–Kier alpha value is -1.71. The van der Waals surface area contributed by atoms with Crippen molar-refractivity contribution in [1.29, 1.82) is 0 Å². The third kappa shape index (κ3) is 3.93. The fourth-order valence-electron chi connectivity index (χ4n) is 3.26. The number of nitrogens with two attached hydrogens (primary N) is 1. The number of rotatable bonds is 5. The van der Waals surface area contributed by atoms with Crippen LogP contribution in [0.1, 0.15) is 44.1 Å². The molecule has 1 aromatic carbocycles. The standard InChI is InChI=1S/C18H28N4/c19-18(20-13-15-7-6-8-15)21-14-16-9-2-3-10-17(16)22-11-4-1-5-12-22/h2-3,9-10,15H,1,4-8,11-14H2,(H3,19,20,21). The predicted octanol–water partition coefficient (Wildman–Crippen LogP) is 2.88. The van der Waals surface area contributed by atoms with Crippen molar-refractivity contribution < 1.29 is 0 Å². The van der Waals surface area contributed by atoms with E-state index in [1.165, 1.54) is 49.8 Å². The summed E-state index contributed by atoms with van der Waals surface area (Å²) in [4.78, 5) is 7.03. The minimum Gasteiger partial charge on any atom is -0.371 e. The molecule has 1 saturated heterocycles. The molecule has 1 aromatic rings. The number of piperidine rings is 1. The van der Waals surface area contributed by atoms with Gasteiger partial charge in [0.05, 0.1) is 6.54 Å². The molecule has 0 spiro atoms. The van der Waals surface area contributed by atoms with Gasteiger partial charge in [0.2, 0.25) is 0 Å². The lowest BCUT2D eigenvalue weighted by molar-refractivity contribution is 0.315. The predicted molar refractivity (Wildman–Crippen MR) is 93.2 cm³/mol. The fourth-order valence-corrected chi connectivity index (χ4v) is 3.26. The van der Waals surface area contributed by atoms with Crippen LogP contribution in [0.15, 0.2) is 29.3 Å². The Kier molecular flexibility index (Phi) is 5.20. The van der Waals surface area contributed by atoms with E-state index in [1.807, 2.05) is 0 Å². The highest BCUT2D eigenvalue weighted by Gasteiger charge is 2.17. The molecule has 120 valence electrons. The van der Waals surface area contributed by atoms with Gasteiger partial charge in [-0.1, -0.05) is 24.6 Å². The molecule has 1 aliphatic carbocycles. The Labute approximate surface area is 133 Å². The summed E-state index contributed by atoms with van der Waals surface area (Å²) in [6.07, 6.45) is 7.98. The summed E-state index contributed by atoms with van der Waals surface area (Å²) in [5.74, 6) is 1.38. The molecule has 1 heterocycles. The molecular formula is C18H28N4. The lowest BCUT2D eigenvalue weighted by Crippen LogP contribution is -2.37. The van der Waals surface area contributed by atoms with E-state index in [0.717, 1.165) is 25.6 Å². The molecule has 0 aromatic heterocycles. The average molecular weight is 300 g/mol. The van der Waals surface area contributed by atoms with Crippen LogP contribution < -0.4 is 16.0 Å². The van der Waals surface area contributed by atoms with Gasteiger partial charge in [-0.05, 0) is 49.7 Å². The molecule has 0 radical (unpaired) electrons. The second-order valence-corrected chi connectivity index (χ2v) is 6.56. The lowest BCUT2D eigenvalue weighted by atomic mass is 9.85. The number of para-hydroxylation sites is 1. The molecule has 4 heteroatoms. The van der Waals surface area contributed by atoms with Crippen molar-refractivity contribution in [3.8, 4) is 0 Å². The zero-order valence-electron chi connectivity index (χ0n) is 13.4. The van der Waals surface area contributed by atoms with Crippen LogP contribution in [0.5, 0.6) is 0 Å². The van der Waals surface area contributed by atoms with Gasteiger partial charge < -0.3 is 16.0 Å². The highest BCUT2D eigenvalue weighted by Crippen LogP contribution is 2.25. The number of aliphatic imine (C=N–C) groups is 1. The number of hydrogen-bond acceptors (Lipinski definition) is 2. The van der Waals surface area contributed by atoms with Gasteiger partial charge in [-0.3, -0.25) is 0 Å². The maximum Gasteiger partial charge on any atom is 0.188 e. The van der Waals surface area contributed by atoms with Gasteiger partial charge >= 0.3 is 0 Å². The summed E-state index contributed by atoms with van der Waals surface area (Å²) in [7, 11) is 0. The summed E-state index contributed by atoms with van der Waals surface area (Å²) >= 11 is 0. The molecule has 3 rings (SSSR count). The topological polar surface area (TPSA) is 53.6 Å². The first kappa shape index (κ1) is 15.2. The second kappa shape index (κ2) is 7.52. The maximum absolute atomic E-state index is 6.00. The summed E-state index contributed by atoms with van der Waals surface area (Å²) in [5, 5.41) is 3.27. The van der Waals surface area contributed by atoms with Crippen molar-refractivity contribution in [3.05, 3.63) is 29.8 Å². The van der Waals surface area contributed by atoms with E-state index in [2.05, 4.69) is 39.5 Å². The largest absolute Gasteiger partial charge is 0.371 e. The summed E-state index contributed by atoms with van der Waals surface area (Å²) in [5.41, 5.74) is 8.61. The van der Waals surface area contributed by atoms with Crippen molar-refractivity contribution in [2.75, 3.05) is 24.5 Å². The molecule has 1 saturated carbocycles. The molecule has 0 bridgehead atoms. The number of hydrogen-bond donors (Lipinski definition) is 2. The maximum atomic E-state index is 6.00. The molecule has 22 heavy (non-hydrogen) atoms. The fraction of sp³-hybridized carbons (Fsp3) is 0.611. The summed E-state index contributed by atoms with van der Waals surface area (Å²) in [6.45, 7) is 3.96. The van der Waals surface area contributed by atoms with Gasteiger partial charge in [-0.15, -0.1) is 0 Å². The van der Waals surface area contributed by atoms with E-state index in [4.69, 9.17) is 5.73 Å². The SMILES string of the molecule is NC(=NCc1ccccc1N1CCCCC1)NCC1CCC1. The highest BCUT2D eigenvalue weighted by atomic mass is 15.1. The van der Waals surface area contributed by atoms with Crippen LogP contribution in [0.4, 0.5) is 5.69 Å². The number of guanidine groups is 1. The average Bonchev–Trinajstić information content (AvgIpc) is 2.52. The molecule has 1 aliphatic heterocycles. The van der Waals surface area contributed by atoms with Crippen molar-refractivity contribution in [2.24, 2.45) is 16.6 Å². The van der Waals surface area contributed by atoms with Gasteiger partial charge in [0, 0.05) is 25.3 Å². The first-order chi connectivity index (χ1) is 10.8. The molecule has 0 amide bonds. The second-order valence-electron chi connectivity index (χ2n) is 6.56. The third-order valence-electron chi connectivity index (χ3n) is 4.90. The summed E-state index contributed by atoms with van der Waals surface area (Å²) in [6, 6.07) is 8.60. The van der Waals surface area contributed by atoms with E-state index in [1.54, 1.807) is 0 Å². The van der Waals surface area contributed by atoms with E-state index in [0.29, 0.717) is 12.5 Å². The van der Waals surface area contributed by atoms with Crippen molar-refractivity contribution in [3.63, 3.8) is 0 Å². The molecule has 2 aliphatic rings. The Morgan fingerprint density at radius 2 is 1.91 bits per heavy atom. The molecule has 3 N–H and O–H groups in total. The Morgan fingerprint density at radius 1 is 1.14 bits per heavy atom. The summed E-state index contributed by atoms with van der Waals surface area (Å²) < 4.78 is 0. The highest BCUT2D eigenvalue weighted by molar-refractivity contribution is 5.78. The smallest absolute Gasteiger partial charge is 0.188 e. The van der Waals surface area contributed by atoms with Crippen LogP contribution >= 0.6 is 0 Å². The van der Waals surface area contributed by atoms with E-state index < -0.39 is 0 Å². The Bertz CT molecular complexity index is 502. The molecule has 0 atom stereocenters. The normalized spacial score (nSPS) is 19.8. The molecular weight excluding hydrogens is 272 g/mol. The van der Waals surface area contributed by atoms with Crippen LogP contribution in [-0.4, -0.2) is 25.6 Å². The van der Waals surface area contributed by atoms with Crippen molar-refractivity contribution in [2.45, 2.75) is 45.1 Å². The minimum absolute atomic E-state index is 0.584. The van der Waals surface area contributed by atoms with Gasteiger partial charge in [-0.25, -0.2) is 4.99 Å². The lowest BCUT2D eigenvalue weighted by Gasteiger charge is -2.30. The third-order valence-corrected chi connectivity index (χ3v) is 4.90. The van der Waals surface area contributed by atoms with Crippen molar-refractivity contribution >= 4 is 11.6 Å².